The number of benzene rings is 3. The lowest BCUT2D eigenvalue weighted by Gasteiger charge is -2.07. The van der Waals surface area contributed by atoms with Crippen LogP contribution in [0.4, 0.5) is 13.2 Å². The maximum atomic E-state index is 14.5. The zero-order valence-electron chi connectivity index (χ0n) is 16.2. The van der Waals surface area contributed by atoms with E-state index in [1.54, 1.807) is 12.1 Å². The van der Waals surface area contributed by atoms with Gasteiger partial charge in [0.25, 0.3) is 0 Å². The van der Waals surface area contributed by atoms with E-state index in [1.165, 1.54) is 17.7 Å². The van der Waals surface area contributed by atoms with Gasteiger partial charge >= 0.3 is 0 Å². The summed E-state index contributed by atoms with van der Waals surface area (Å²) < 4.78 is 41.0. The quantitative estimate of drug-likeness (QED) is 0.443. The van der Waals surface area contributed by atoms with Crippen molar-refractivity contribution < 1.29 is 13.2 Å². The third-order valence-electron chi connectivity index (χ3n) is 4.68. The van der Waals surface area contributed by atoms with E-state index in [0.29, 0.717) is 11.1 Å². The summed E-state index contributed by atoms with van der Waals surface area (Å²) in [7, 11) is 0. The van der Waals surface area contributed by atoms with Crippen LogP contribution in [0.1, 0.15) is 41.2 Å². The highest BCUT2D eigenvalue weighted by Crippen LogP contribution is 2.24. The number of hydrogen-bond donors (Lipinski definition) is 0. The van der Waals surface area contributed by atoms with E-state index in [2.05, 4.69) is 30.9 Å². The molecule has 0 amide bonds. The number of rotatable bonds is 3. The maximum Gasteiger partial charge on any atom is 0.159 e. The van der Waals surface area contributed by atoms with Crippen molar-refractivity contribution >= 4 is 0 Å². The molecule has 0 aliphatic heterocycles. The second kappa shape index (κ2) is 8.35. The van der Waals surface area contributed by atoms with Gasteiger partial charge in [0.05, 0.1) is 5.56 Å². The van der Waals surface area contributed by atoms with Gasteiger partial charge < -0.3 is 0 Å². The Labute approximate surface area is 164 Å². The van der Waals surface area contributed by atoms with Gasteiger partial charge in [-0.3, -0.25) is 0 Å². The highest BCUT2D eigenvalue weighted by atomic mass is 19.2. The van der Waals surface area contributed by atoms with Crippen molar-refractivity contribution in [3.8, 4) is 23.0 Å². The van der Waals surface area contributed by atoms with Gasteiger partial charge in [-0.2, -0.15) is 0 Å². The Morgan fingerprint density at radius 1 is 0.714 bits per heavy atom. The zero-order chi connectivity index (χ0) is 20.3. The van der Waals surface area contributed by atoms with Crippen LogP contribution in [0.25, 0.3) is 11.1 Å². The monoisotopic (exact) mass is 378 g/mol. The van der Waals surface area contributed by atoms with E-state index in [4.69, 9.17) is 0 Å². The predicted molar refractivity (Wildman–Crippen MR) is 108 cm³/mol. The first kappa shape index (κ1) is 19.8. The van der Waals surface area contributed by atoms with Gasteiger partial charge in [-0.25, -0.2) is 13.2 Å². The maximum absolute atomic E-state index is 14.5. The van der Waals surface area contributed by atoms with Crippen molar-refractivity contribution in [1.29, 1.82) is 0 Å². The van der Waals surface area contributed by atoms with Gasteiger partial charge in [0.2, 0.25) is 0 Å². The topological polar surface area (TPSA) is 0 Å². The molecule has 0 atom stereocenters. The van der Waals surface area contributed by atoms with E-state index in [-0.39, 0.29) is 5.56 Å². The summed E-state index contributed by atoms with van der Waals surface area (Å²) in [5.74, 6) is 3.61. The fraction of sp³-hybridized carbons (Fsp3) is 0.200. The van der Waals surface area contributed by atoms with Crippen LogP contribution in [-0.4, -0.2) is 0 Å². The first-order valence-electron chi connectivity index (χ1n) is 9.26. The Hall–Kier alpha value is -2.99. The van der Waals surface area contributed by atoms with E-state index in [9.17, 15) is 13.2 Å². The van der Waals surface area contributed by atoms with Gasteiger partial charge in [0.1, 0.15) is 5.82 Å². The normalized spacial score (nSPS) is 10.5. The molecule has 0 aliphatic rings. The molecule has 0 spiro atoms. The molecule has 3 aromatic rings. The standard InChI is InChI=1S/C25H21F3/c1-4-5-18-12-16(2)22(17(3)13-18)10-8-19-6-7-20(14-24(19)27)21-9-11-23(26)25(28)15-21/h6-7,9,11-15H,4-5H2,1-3H3. The molecular formula is C25H21F3. The molecule has 142 valence electrons. The van der Waals surface area contributed by atoms with Crippen molar-refractivity contribution in [3.63, 3.8) is 0 Å². The molecule has 0 saturated carbocycles. The summed E-state index contributed by atoms with van der Waals surface area (Å²) in [6.45, 7) is 6.17. The molecule has 3 rings (SSSR count). The molecule has 0 aliphatic carbocycles. The summed E-state index contributed by atoms with van der Waals surface area (Å²) >= 11 is 0. The van der Waals surface area contributed by atoms with Gasteiger partial charge in [-0.1, -0.05) is 49.5 Å². The van der Waals surface area contributed by atoms with Gasteiger partial charge in [0.15, 0.2) is 11.6 Å². The Morgan fingerprint density at radius 2 is 1.32 bits per heavy atom. The summed E-state index contributed by atoms with van der Waals surface area (Å²) in [5.41, 5.74) is 5.50. The lowest BCUT2D eigenvalue weighted by atomic mass is 9.97. The Kier molecular flexibility index (Phi) is 5.90. The van der Waals surface area contributed by atoms with Crippen LogP contribution in [0, 0.1) is 43.1 Å². The molecule has 0 heterocycles. The number of aryl methyl sites for hydroxylation is 3. The largest absolute Gasteiger partial charge is 0.206 e. The SMILES string of the molecule is CCCc1cc(C)c(C#Cc2ccc(-c3ccc(F)c(F)c3)cc2F)c(C)c1. The highest BCUT2D eigenvalue weighted by Gasteiger charge is 2.08. The molecule has 28 heavy (non-hydrogen) atoms. The first-order valence-corrected chi connectivity index (χ1v) is 9.26. The van der Waals surface area contributed by atoms with Crippen molar-refractivity contribution in [1.82, 2.24) is 0 Å². The summed E-state index contributed by atoms with van der Waals surface area (Å²) in [4.78, 5) is 0. The fourth-order valence-electron chi connectivity index (χ4n) is 3.28. The molecule has 0 saturated heterocycles. The van der Waals surface area contributed by atoms with E-state index in [1.807, 2.05) is 13.8 Å². The van der Waals surface area contributed by atoms with E-state index in [0.717, 1.165) is 41.7 Å². The lowest BCUT2D eigenvalue weighted by Crippen LogP contribution is -1.93. The lowest BCUT2D eigenvalue weighted by molar-refractivity contribution is 0.509. The zero-order valence-corrected chi connectivity index (χ0v) is 16.2. The van der Waals surface area contributed by atoms with Crippen LogP contribution in [0.5, 0.6) is 0 Å². The third kappa shape index (κ3) is 4.28. The Bertz CT molecular complexity index is 1060. The van der Waals surface area contributed by atoms with Crippen LogP contribution in [0.2, 0.25) is 0 Å². The minimum absolute atomic E-state index is 0.266. The Balaban J connectivity index is 1.92. The van der Waals surface area contributed by atoms with Gasteiger partial charge in [0, 0.05) is 5.56 Å². The molecular weight excluding hydrogens is 357 g/mol. The first-order chi connectivity index (χ1) is 13.4. The second-order valence-corrected chi connectivity index (χ2v) is 6.93. The molecule has 0 unspecified atom stereocenters. The number of hydrogen-bond acceptors (Lipinski definition) is 0. The van der Waals surface area contributed by atoms with E-state index < -0.39 is 17.5 Å². The van der Waals surface area contributed by atoms with Crippen LogP contribution >= 0.6 is 0 Å². The molecule has 0 aromatic heterocycles. The predicted octanol–water partition coefficient (Wildman–Crippen LogP) is 6.74. The van der Waals surface area contributed by atoms with Crippen LogP contribution in [0.15, 0.2) is 48.5 Å². The minimum Gasteiger partial charge on any atom is -0.206 e. The molecule has 0 N–H and O–H groups in total. The van der Waals surface area contributed by atoms with Crippen molar-refractivity contribution in [3.05, 3.63) is 93.8 Å². The van der Waals surface area contributed by atoms with Gasteiger partial charge in [-0.05, 0) is 72.4 Å². The molecule has 0 radical (unpaired) electrons. The van der Waals surface area contributed by atoms with Gasteiger partial charge in [-0.15, -0.1) is 0 Å². The highest BCUT2D eigenvalue weighted by molar-refractivity contribution is 5.65. The molecule has 0 fully saturated rings. The smallest absolute Gasteiger partial charge is 0.159 e. The summed E-state index contributed by atoms with van der Waals surface area (Å²) in [6.07, 6.45) is 2.11. The average molecular weight is 378 g/mol. The number of halogens is 3. The molecule has 0 bridgehead atoms. The minimum atomic E-state index is -0.959. The third-order valence-corrected chi connectivity index (χ3v) is 4.68. The van der Waals surface area contributed by atoms with Crippen molar-refractivity contribution in [2.24, 2.45) is 0 Å². The van der Waals surface area contributed by atoms with Crippen LogP contribution < -0.4 is 0 Å². The van der Waals surface area contributed by atoms with Crippen molar-refractivity contribution in [2.45, 2.75) is 33.6 Å². The molecule has 3 heteroatoms. The molecule has 0 nitrogen and oxygen atoms in total. The Morgan fingerprint density at radius 3 is 1.89 bits per heavy atom. The van der Waals surface area contributed by atoms with Crippen molar-refractivity contribution in [2.75, 3.05) is 0 Å². The molecule has 3 aromatic carbocycles. The van der Waals surface area contributed by atoms with Crippen LogP contribution in [0.3, 0.4) is 0 Å². The second-order valence-electron chi connectivity index (χ2n) is 6.93. The fourth-order valence-corrected chi connectivity index (χ4v) is 3.28. The summed E-state index contributed by atoms with van der Waals surface area (Å²) in [5, 5.41) is 0. The van der Waals surface area contributed by atoms with Crippen LogP contribution in [-0.2, 0) is 6.42 Å². The van der Waals surface area contributed by atoms with E-state index >= 15 is 0 Å². The average Bonchev–Trinajstić information content (AvgIpc) is 2.64. The summed E-state index contributed by atoms with van der Waals surface area (Å²) in [6, 6.07) is 12.3.